The van der Waals surface area contributed by atoms with Crippen LogP contribution in [0.25, 0.3) is 0 Å². The molecule has 0 aliphatic carbocycles. The lowest BCUT2D eigenvalue weighted by Gasteiger charge is -2.16. The molecule has 0 aromatic heterocycles. The molecule has 0 saturated carbocycles. The van der Waals surface area contributed by atoms with Crippen LogP contribution in [0.15, 0.2) is 0 Å². The number of carbonyl (C=O) groups is 5. The molecule has 0 fully saturated rings. The van der Waals surface area contributed by atoms with Crippen LogP contribution >= 0.6 is 12.6 Å². The monoisotopic (exact) mass is 451 g/mol. The van der Waals surface area contributed by atoms with Gasteiger partial charge < -0.3 is 31.7 Å². The van der Waals surface area contributed by atoms with Crippen LogP contribution in [0.5, 0.6) is 0 Å². The third-order valence-corrected chi connectivity index (χ3v) is 4.24. The van der Waals surface area contributed by atoms with Crippen molar-refractivity contribution in [1.29, 1.82) is 0 Å². The number of nitrogens with one attached hydrogen (secondary N) is 2. The van der Waals surface area contributed by atoms with Gasteiger partial charge in [0.15, 0.2) is 0 Å². The maximum atomic E-state index is 11.5. The maximum absolute atomic E-state index is 11.5. The summed E-state index contributed by atoms with van der Waals surface area (Å²) in [6, 6.07) is -2.15. The first-order valence-electron chi connectivity index (χ1n) is 9.60. The van der Waals surface area contributed by atoms with Crippen molar-refractivity contribution in [2.75, 3.05) is 12.3 Å². The average molecular weight is 452 g/mol. The summed E-state index contributed by atoms with van der Waals surface area (Å²) in [7, 11) is 0. The molecule has 0 aromatic rings. The summed E-state index contributed by atoms with van der Waals surface area (Å²) in [5, 5.41) is 30.0. The zero-order valence-electron chi connectivity index (χ0n) is 17.3. The first-order valence-corrected chi connectivity index (χ1v) is 10.2. The Morgan fingerprint density at radius 3 is 1.83 bits per heavy atom. The van der Waals surface area contributed by atoms with Gasteiger partial charge in [0.05, 0.1) is 5.92 Å². The molecule has 7 N–H and O–H groups in total. The molecule has 0 rings (SSSR count). The van der Waals surface area contributed by atoms with Crippen molar-refractivity contribution >= 4 is 42.4 Å². The summed E-state index contributed by atoms with van der Waals surface area (Å²) in [5.41, 5.74) is 5.23. The number of carboxylic acids is 3. The second kappa shape index (κ2) is 17.5. The zero-order valence-corrected chi connectivity index (χ0v) is 18.2. The Balaban J connectivity index is 0. The largest absolute Gasteiger partial charge is 0.481 e. The summed E-state index contributed by atoms with van der Waals surface area (Å²) in [5.74, 6) is -4.44. The predicted octanol–water partition coefficient (Wildman–Crippen LogP) is 0.0813. The Kier molecular flexibility index (Phi) is 17.4. The minimum Gasteiger partial charge on any atom is -0.481 e. The molecule has 0 unspecified atom stereocenters. The molecule has 0 aromatic carbocycles. The van der Waals surface area contributed by atoms with Crippen molar-refractivity contribution in [2.45, 2.75) is 64.5 Å². The number of rotatable bonds is 14. The minimum absolute atomic E-state index is 0.0256. The first kappa shape index (κ1) is 29.9. The standard InChI is InChI=1S/C10H17N3O6S.C8H16O2/c11-5(10(18)19)1-2-7(14)13-6(4-20)9(17)12-3-8(15)16;1-3-5-7(6-4-2)8(9)10/h5-6,20H,1-4,11H2,(H,12,17)(H,13,14)(H,15,16)(H,18,19);7H,3-6H2,1-2H3,(H,9,10)/t5-,6-;/m0./s1. The number of aliphatic carboxylic acids is 3. The number of hydrogen-bond acceptors (Lipinski definition) is 7. The van der Waals surface area contributed by atoms with Gasteiger partial charge in [-0.2, -0.15) is 12.6 Å². The van der Waals surface area contributed by atoms with Crippen LogP contribution in [0.1, 0.15) is 52.4 Å². The van der Waals surface area contributed by atoms with Crippen LogP contribution in [0.3, 0.4) is 0 Å². The second-order valence-corrected chi connectivity index (χ2v) is 6.88. The maximum Gasteiger partial charge on any atom is 0.322 e. The summed E-state index contributed by atoms with van der Waals surface area (Å²) in [4.78, 5) is 54.2. The summed E-state index contributed by atoms with van der Waals surface area (Å²) < 4.78 is 0. The molecular weight excluding hydrogens is 418 g/mol. The molecule has 0 saturated heterocycles. The van der Waals surface area contributed by atoms with Gasteiger partial charge in [-0.1, -0.05) is 26.7 Å². The van der Waals surface area contributed by atoms with Crippen LogP contribution < -0.4 is 16.4 Å². The molecule has 2 atom stereocenters. The zero-order chi connectivity index (χ0) is 23.7. The van der Waals surface area contributed by atoms with Gasteiger partial charge in [0.25, 0.3) is 0 Å². The van der Waals surface area contributed by atoms with E-state index in [2.05, 4.69) is 23.3 Å². The lowest BCUT2D eigenvalue weighted by atomic mass is 9.99. The van der Waals surface area contributed by atoms with Crippen LogP contribution in [0.4, 0.5) is 0 Å². The third-order valence-electron chi connectivity index (χ3n) is 3.87. The molecule has 0 radical (unpaired) electrons. The Morgan fingerprint density at radius 2 is 1.47 bits per heavy atom. The smallest absolute Gasteiger partial charge is 0.322 e. The molecule has 174 valence electrons. The molecular formula is C18H33N3O8S. The van der Waals surface area contributed by atoms with E-state index in [4.69, 9.17) is 21.1 Å². The highest BCUT2D eigenvalue weighted by Gasteiger charge is 2.21. The van der Waals surface area contributed by atoms with Crippen molar-refractivity contribution in [1.82, 2.24) is 10.6 Å². The lowest BCUT2D eigenvalue weighted by Crippen LogP contribution is -2.49. The van der Waals surface area contributed by atoms with Gasteiger partial charge in [-0.15, -0.1) is 0 Å². The van der Waals surface area contributed by atoms with E-state index in [0.29, 0.717) is 0 Å². The summed E-state index contributed by atoms with van der Waals surface area (Å²) >= 11 is 3.87. The van der Waals surface area contributed by atoms with Crippen molar-refractivity contribution in [3.05, 3.63) is 0 Å². The molecule has 0 heterocycles. The van der Waals surface area contributed by atoms with Crippen LogP contribution in [-0.2, 0) is 24.0 Å². The molecule has 11 nitrogen and oxygen atoms in total. The van der Waals surface area contributed by atoms with E-state index >= 15 is 0 Å². The fourth-order valence-electron chi connectivity index (χ4n) is 2.24. The lowest BCUT2D eigenvalue weighted by molar-refractivity contribution is -0.142. The van der Waals surface area contributed by atoms with Gasteiger partial charge in [0.2, 0.25) is 11.8 Å². The van der Waals surface area contributed by atoms with Gasteiger partial charge in [-0.25, -0.2) is 0 Å². The normalized spacial score (nSPS) is 12.2. The van der Waals surface area contributed by atoms with E-state index in [0.717, 1.165) is 25.7 Å². The van der Waals surface area contributed by atoms with Crippen LogP contribution in [0.2, 0.25) is 0 Å². The average Bonchev–Trinajstić information content (AvgIpc) is 2.68. The van der Waals surface area contributed by atoms with E-state index in [-0.39, 0.29) is 24.5 Å². The molecule has 12 heteroatoms. The molecule has 0 bridgehead atoms. The van der Waals surface area contributed by atoms with Crippen molar-refractivity contribution in [2.24, 2.45) is 11.7 Å². The van der Waals surface area contributed by atoms with Gasteiger partial charge in [-0.05, 0) is 19.3 Å². The number of thiol groups is 1. The van der Waals surface area contributed by atoms with Crippen LogP contribution in [-0.4, -0.2) is 69.4 Å². The first-order chi connectivity index (χ1) is 14.0. The fourth-order valence-corrected chi connectivity index (χ4v) is 2.50. The molecule has 0 aliphatic heterocycles. The van der Waals surface area contributed by atoms with E-state index < -0.39 is 48.4 Å². The topological polar surface area (TPSA) is 196 Å². The number of amides is 2. The van der Waals surface area contributed by atoms with Crippen molar-refractivity contribution in [3.8, 4) is 0 Å². The number of hydrogen-bond donors (Lipinski definition) is 7. The van der Waals surface area contributed by atoms with Crippen molar-refractivity contribution in [3.63, 3.8) is 0 Å². The fraction of sp³-hybridized carbons (Fsp3) is 0.722. The highest BCUT2D eigenvalue weighted by molar-refractivity contribution is 7.80. The van der Waals surface area contributed by atoms with Crippen molar-refractivity contribution < 1.29 is 39.3 Å². The van der Waals surface area contributed by atoms with E-state index in [1.54, 1.807) is 0 Å². The molecule has 30 heavy (non-hydrogen) atoms. The minimum atomic E-state index is -1.22. The SMILES string of the molecule is CCCC(CCC)C(=O)O.N[C@@H](CCC(=O)N[C@@H](CS)C(=O)NCC(=O)O)C(=O)O. The van der Waals surface area contributed by atoms with Gasteiger partial charge >= 0.3 is 17.9 Å². The van der Waals surface area contributed by atoms with E-state index in [9.17, 15) is 24.0 Å². The van der Waals surface area contributed by atoms with E-state index in [1.807, 2.05) is 13.8 Å². The Hall–Kier alpha value is -2.34. The van der Waals surface area contributed by atoms with E-state index in [1.165, 1.54) is 0 Å². The number of nitrogens with two attached hydrogens (primary N) is 1. The van der Waals surface area contributed by atoms with Gasteiger partial charge in [0.1, 0.15) is 18.6 Å². The highest BCUT2D eigenvalue weighted by atomic mass is 32.1. The predicted molar refractivity (Wildman–Crippen MR) is 112 cm³/mol. The number of carboxylic acid groups (broad SMARTS) is 3. The van der Waals surface area contributed by atoms with Gasteiger partial charge in [-0.3, -0.25) is 24.0 Å². The molecule has 0 aliphatic rings. The molecule has 2 amide bonds. The Bertz CT molecular complexity index is 568. The third kappa shape index (κ3) is 15.6. The Morgan fingerprint density at radius 1 is 0.933 bits per heavy atom. The quantitative estimate of drug-likeness (QED) is 0.179. The highest BCUT2D eigenvalue weighted by Crippen LogP contribution is 2.12. The molecule has 0 spiro atoms. The summed E-state index contributed by atoms with van der Waals surface area (Å²) in [6.45, 7) is 3.47. The Labute approximate surface area is 181 Å². The second-order valence-electron chi connectivity index (χ2n) is 6.51. The summed E-state index contributed by atoms with van der Waals surface area (Å²) in [6.07, 6.45) is 3.35. The van der Waals surface area contributed by atoms with Gasteiger partial charge in [0, 0.05) is 12.2 Å². The van der Waals surface area contributed by atoms with Crippen LogP contribution in [0, 0.1) is 5.92 Å². The number of carbonyl (C=O) groups excluding carboxylic acids is 2.